The molecule has 8 nitrogen and oxygen atoms in total. The Kier molecular flexibility index (Phi) is 6.11. The van der Waals surface area contributed by atoms with Crippen LogP contribution in [0.3, 0.4) is 0 Å². The fourth-order valence-corrected chi connectivity index (χ4v) is 3.82. The summed E-state index contributed by atoms with van der Waals surface area (Å²) in [4.78, 5) is 39.3. The van der Waals surface area contributed by atoms with E-state index in [2.05, 4.69) is 10.6 Å². The number of ether oxygens (including phenoxy) is 2. The van der Waals surface area contributed by atoms with E-state index in [4.69, 9.17) is 9.47 Å². The number of esters is 1. The number of hydrogen-bond donors (Lipinski definition) is 2. The molecule has 32 heavy (non-hydrogen) atoms. The van der Waals surface area contributed by atoms with E-state index in [1.165, 1.54) is 4.90 Å². The SMILES string of the molecule is CCOc1ccccc1C1NC(=O)N(CC(=O)NCc2ccc(C)cc2)C2=C1C(=O)OC2. The maximum Gasteiger partial charge on any atom is 0.338 e. The van der Waals surface area contributed by atoms with Crippen LogP contribution in [0.4, 0.5) is 4.79 Å². The first-order valence-electron chi connectivity index (χ1n) is 10.5. The molecular formula is C24H25N3O5. The largest absolute Gasteiger partial charge is 0.494 e. The van der Waals surface area contributed by atoms with Crippen molar-refractivity contribution in [3.63, 3.8) is 0 Å². The second-order valence-electron chi connectivity index (χ2n) is 7.64. The zero-order valence-corrected chi connectivity index (χ0v) is 18.0. The number of nitrogens with one attached hydrogen (secondary N) is 2. The smallest absolute Gasteiger partial charge is 0.338 e. The third-order valence-electron chi connectivity index (χ3n) is 5.44. The lowest BCUT2D eigenvalue weighted by atomic mass is 9.95. The van der Waals surface area contributed by atoms with Crippen LogP contribution < -0.4 is 15.4 Å². The molecule has 2 aromatic carbocycles. The molecule has 0 bridgehead atoms. The number of hydrogen-bond acceptors (Lipinski definition) is 5. The monoisotopic (exact) mass is 435 g/mol. The lowest BCUT2D eigenvalue weighted by Crippen LogP contribution is -2.50. The van der Waals surface area contributed by atoms with Gasteiger partial charge in [0.15, 0.2) is 0 Å². The molecule has 4 rings (SSSR count). The van der Waals surface area contributed by atoms with Gasteiger partial charge in [-0.2, -0.15) is 0 Å². The van der Waals surface area contributed by atoms with Gasteiger partial charge in [0.1, 0.15) is 18.9 Å². The van der Waals surface area contributed by atoms with Crippen LogP contribution in [0.1, 0.15) is 29.7 Å². The molecule has 0 spiro atoms. The van der Waals surface area contributed by atoms with E-state index in [0.717, 1.165) is 11.1 Å². The van der Waals surface area contributed by atoms with Gasteiger partial charge in [-0.3, -0.25) is 9.69 Å². The number of carbonyl (C=O) groups is 3. The highest BCUT2D eigenvalue weighted by atomic mass is 16.5. The molecule has 0 fully saturated rings. The summed E-state index contributed by atoms with van der Waals surface area (Å²) in [5.41, 5.74) is 3.48. The molecule has 0 radical (unpaired) electrons. The van der Waals surface area contributed by atoms with Crippen LogP contribution in [0.25, 0.3) is 0 Å². The maximum atomic E-state index is 12.9. The van der Waals surface area contributed by atoms with Crippen molar-refractivity contribution in [2.45, 2.75) is 26.4 Å². The van der Waals surface area contributed by atoms with E-state index in [-0.39, 0.29) is 19.1 Å². The Bertz CT molecular complexity index is 1080. The molecule has 1 atom stereocenters. The van der Waals surface area contributed by atoms with Gasteiger partial charge in [-0.25, -0.2) is 9.59 Å². The molecule has 0 aromatic heterocycles. The molecule has 2 aliphatic heterocycles. The van der Waals surface area contributed by atoms with Gasteiger partial charge in [-0.15, -0.1) is 0 Å². The van der Waals surface area contributed by atoms with E-state index in [0.29, 0.717) is 35.7 Å². The summed E-state index contributed by atoms with van der Waals surface area (Å²) in [6.45, 7) is 4.38. The van der Waals surface area contributed by atoms with Crippen molar-refractivity contribution in [3.8, 4) is 5.75 Å². The molecule has 0 aliphatic carbocycles. The molecule has 2 heterocycles. The molecule has 0 saturated heterocycles. The predicted molar refractivity (Wildman–Crippen MR) is 117 cm³/mol. The normalized spacial score (nSPS) is 17.6. The van der Waals surface area contributed by atoms with Crippen LogP contribution in [0, 0.1) is 6.92 Å². The van der Waals surface area contributed by atoms with Gasteiger partial charge in [0.05, 0.1) is 23.9 Å². The number of cyclic esters (lactones) is 1. The zero-order chi connectivity index (χ0) is 22.7. The number of aryl methyl sites for hydroxylation is 1. The highest BCUT2D eigenvalue weighted by Gasteiger charge is 2.43. The fraction of sp³-hybridized carbons (Fsp3) is 0.292. The fourth-order valence-electron chi connectivity index (χ4n) is 3.82. The molecule has 166 valence electrons. The van der Waals surface area contributed by atoms with Crippen molar-refractivity contribution < 1.29 is 23.9 Å². The van der Waals surface area contributed by atoms with Crippen LogP contribution >= 0.6 is 0 Å². The highest BCUT2D eigenvalue weighted by Crippen LogP contribution is 2.38. The van der Waals surface area contributed by atoms with Gasteiger partial charge in [-0.05, 0) is 25.5 Å². The average molecular weight is 435 g/mol. The minimum Gasteiger partial charge on any atom is -0.494 e. The summed E-state index contributed by atoms with van der Waals surface area (Å²) in [6, 6.07) is 13.9. The number of para-hydroxylation sites is 1. The lowest BCUT2D eigenvalue weighted by Gasteiger charge is -2.33. The Labute approximate surface area is 186 Å². The van der Waals surface area contributed by atoms with Crippen LogP contribution in [0.2, 0.25) is 0 Å². The minimum absolute atomic E-state index is 0.0554. The van der Waals surface area contributed by atoms with Gasteiger partial charge in [-0.1, -0.05) is 48.0 Å². The second-order valence-corrected chi connectivity index (χ2v) is 7.64. The van der Waals surface area contributed by atoms with Crippen molar-refractivity contribution >= 4 is 17.9 Å². The number of urea groups is 1. The van der Waals surface area contributed by atoms with Gasteiger partial charge in [0.25, 0.3) is 0 Å². The Morgan fingerprint density at radius 3 is 2.69 bits per heavy atom. The minimum atomic E-state index is -0.706. The molecule has 2 N–H and O–H groups in total. The summed E-state index contributed by atoms with van der Waals surface area (Å²) < 4.78 is 10.9. The summed E-state index contributed by atoms with van der Waals surface area (Å²) in [5.74, 6) is -0.266. The summed E-state index contributed by atoms with van der Waals surface area (Å²) in [6.07, 6.45) is 0. The Morgan fingerprint density at radius 1 is 1.19 bits per heavy atom. The van der Waals surface area contributed by atoms with E-state index in [9.17, 15) is 14.4 Å². The highest BCUT2D eigenvalue weighted by molar-refractivity contribution is 5.98. The van der Waals surface area contributed by atoms with Crippen molar-refractivity contribution in [3.05, 3.63) is 76.5 Å². The van der Waals surface area contributed by atoms with Gasteiger partial charge in [0.2, 0.25) is 5.91 Å². The third-order valence-corrected chi connectivity index (χ3v) is 5.44. The van der Waals surface area contributed by atoms with Crippen molar-refractivity contribution in [1.29, 1.82) is 0 Å². The van der Waals surface area contributed by atoms with Gasteiger partial charge in [0, 0.05) is 12.1 Å². The molecule has 2 aliphatic rings. The Hall–Kier alpha value is -3.81. The number of amides is 3. The quantitative estimate of drug-likeness (QED) is 0.652. The van der Waals surface area contributed by atoms with E-state index in [1.807, 2.05) is 50.2 Å². The number of nitrogens with zero attached hydrogens (tertiary/aromatic N) is 1. The van der Waals surface area contributed by atoms with Crippen LogP contribution in [-0.4, -0.2) is 42.6 Å². The van der Waals surface area contributed by atoms with Crippen LogP contribution in [-0.2, 0) is 20.9 Å². The molecule has 3 amide bonds. The number of benzene rings is 2. The average Bonchev–Trinajstić information content (AvgIpc) is 3.17. The summed E-state index contributed by atoms with van der Waals surface area (Å²) in [7, 11) is 0. The van der Waals surface area contributed by atoms with E-state index < -0.39 is 18.0 Å². The predicted octanol–water partition coefficient (Wildman–Crippen LogP) is 2.59. The molecule has 1 unspecified atom stereocenters. The second kappa shape index (κ2) is 9.13. The topological polar surface area (TPSA) is 97.0 Å². The van der Waals surface area contributed by atoms with Gasteiger partial charge < -0.3 is 20.1 Å². The zero-order valence-electron chi connectivity index (χ0n) is 18.0. The van der Waals surface area contributed by atoms with Crippen LogP contribution in [0.5, 0.6) is 5.75 Å². The first kappa shape index (κ1) is 21.4. The Balaban J connectivity index is 1.54. The lowest BCUT2D eigenvalue weighted by molar-refractivity contribution is -0.136. The molecule has 8 heteroatoms. The summed E-state index contributed by atoms with van der Waals surface area (Å²) >= 11 is 0. The standard InChI is InChI=1S/C24H25N3O5/c1-3-31-19-7-5-4-6-17(19)22-21-18(14-32-23(21)29)27(24(30)26-22)13-20(28)25-12-16-10-8-15(2)9-11-16/h4-11,22H,3,12-14H2,1-2H3,(H,25,28)(H,26,30). The molecular weight excluding hydrogens is 410 g/mol. The molecule has 2 aromatic rings. The first-order chi connectivity index (χ1) is 15.5. The number of carbonyl (C=O) groups excluding carboxylic acids is 3. The molecule has 0 saturated carbocycles. The van der Waals surface area contributed by atoms with Gasteiger partial charge >= 0.3 is 12.0 Å². The Morgan fingerprint density at radius 2 is 1.94 bits per heavy atom. The summed E-state index contributed by atoms with van der Waals surface area (Å²) in [5, 5.41) is 5.65. The van der Waals surface area contributed by atoms with Crippen molar-refractivity contribution in [1.82, 2.24) is 15.5 Å². The number of rotatable bonds is 7. The van der Waals surface area contributed by atoms with E-state index in [1.54, 1.807) is 12.1 Å². The van der Waals surface area contributed by atoms with Crippen molar-refractivity contribution in [2.75, 3.05) is 19.8 Å². The maximum absolute atomic E-state index is 12.9. The van der Waals surface area contributed by atoms with E-state index >= 15 is 0 Å². The third kappa shape index (κ3) is 4.30. The van der Waals surface area contributed by atoms with Crippen molar-refractivity contribution in [2.24, 2.45) is 0 Å². The van der Waals surface area contributed by atoms with Crippen LogP contribution in [0.15, 0.2) is 59.8 Å². The first-order valence-corrected chi connectivity index (χ1v) is 10.5.